The lowest BCUT2D eigenvalue weighted by molar-refractivity contribution is -0.0979. The average molecular weight is 225 g/mol. The van der Waals surface area contributed by atoms with Crippen LogP contribution in [0, 0.1) is 0 Å². The highest BCUT2D eigenvalue weighted by Gasteiger charge is 2.18. The van der Waals surface area contributed by atoms with Gasteiger partial charge in [-0.3, -0.25) is 0 Å². The lowest BCUT2D eigenvalue weighted by atomic mass is 10.1. The van der Waals surface area contributed by atoms with Gasteiger partial charge in [-0.25, -0.2) is 4.98 Å². The molecule has 0 aromatic carbocycles. The van der Waals surface area contributed by atoms with Gasteiger partial charge in [0, 0.05) is 25.4 Å². The van der Waals surface area contributed by atoms with Crippen molar-refractivity contribution in [3.8, 4) is 0 Å². The predicted molar refractivity (Wildman–Crippen MR) is 63.1 cm³/mol. The predicted octanol–water partition coefficient (Wildman–Crippen LogP) is 2.32. The smallest absolute Gasteiger partial charge is 0.137 e. The third-order valence-electron chi connectivity index (χ3n) is 2.23. The van der Waals surface area contributed by atoms with Crippen molar-refractivity contribution < 1.29 is 4.79 Å². The molecule has 3 nitrogen and oxygen atoms in total. The van der Waals surface area contributed by atoms with Gasteiger partial charge in [-0.1, -0.05) is 11.6 Å². The molecular formula is C11H13ClN2O. The molecule has 0 unspecified atom stereocenters. The standard InChI is InChI=1S/C10H11ClN2.CH2O/c1-7-6-13(2)10-8(9(7)11)4-3-5-12-10;1-2/h3-5H,6H2,1-2H3;1H2. The Hall–Kier alpha value is -1.35. The van der Waals surface area contributed by atoms with Gasteiger partial charge in [0.1, 0.15) is 12.6 Å². The van der Waals surface area contributed by atoms with Crippen molar-refractivity contribution in [1.82, 2.24) is 4.98 Å². The molecule has 0 N–H and O–H groups in total. The number of hydrogen-bond donors (Lipinski definition) is 0. The molecule has 2 heterocycles. The van der Waals surface area contributed by atoms with Gasteiger partial charge in [0.25, 0.3) is 0 Å². The van der Waals surface area contributed by atoms with Crippen molar-refractivity contribution in [2.45, 2.75) is 6.92 Å². The molecule has 1 aromatic heterocycles. The molecule has 0 bridgehead atoms. The zero-order valence-electron chi connectivity index (χ0n) is 8.83. The highest BCUT2D eigenvalue weighted by molar-refractivity contribution is 6.50. The summed E-state index contributed by atoms with van der Waals surface area (Å²) < 4.78 is 0. The number of nitrogens with zero attached hydrogens (tertiary/aromatic N) is 2. The largest absolute Gasteiger partial charge is 0.355 e. The van der Waals surface area contributed by atoms with Crippen molar-refractivity contribution in [3.63, 3.8) is 0 Å². The maximum absolute atomic E-state index is 8.00. The zero-order chi connectivity index (χ0) is 11.4. The lowest BCUT2D eigenvalue weighted by Gasteiger charge is -2.26. The fourth-order valence-electron chi connectivity index (χ4n) is 1.60. The molecule has 1 aromatic rings. The minimum atomic E-state index is 0.848. The summed E-state index contributed by atoms with van der Waals surface area (Å²) in [4.78, 5) is 14.4. The minimum Gasteiger partial charge on any atom is -0.355 e. The molecular weight excluding hydrogens is 212 g/mol. The molecule has 80 valence electrons. The number of hydrogen-bond acceptors (Lipinski definition) is 3. The van der Waals surface area contributed by atoms with E-state index in [9.17, 15) is 0 Å². The zero-order valence-corrected chi connectivity index (χ0v) is 9.58. The number of carbonyl (C=O) groups is 1. The molecule has 0 atom stereocenters. The average Bonchev–Trinajstić information content (AvgIpc) is 2.29. The normalized spacial score (nSPS) is 14.2. The molecule has 4 heteroatoms. The molecule has 0 radical (unpaired) electrons. The summed E-state index contributed by atoms with van der Waals surface area (Å²) in [6, 6.07) is 3.91. The van der Waals surface area contributed by atoms with Crippen molar-refractivity contribution in [1.29, 1.82) is 0 Å². The lowest BCUT2D eigenvalue weighted by Crippen LogP contribution is -2.25. The van der Waals surface area contributed by atoms with Crippen LogP contribution in [0.2, 0.25) is 0 Å². The van der Waals surface area contributed by atoms with E-state index < -0.39 is 0 Å². The van der Waals surface area contributed by atoms with E-state index in [0.717, 1.165) is 23.0 Å². The molecule has 1 aliphatic heterocycles. The highest BCUT2D eigenvalue weighted by Crippen LogP contribution is 2.34. The first kappa shape index (κ1) is 11.7. The van der Waals surface area contributed by atoms with Gasteiger partial charge in [0.05, 0.1) is 5.03 Å². The Bertz CT molecular complexity index is 390. The van der Waals surface area contributed by atoms with Gasteiger partial charge in [-0.2, -0.15) is 0 Å². The Morgan fingerprint density at radius 2 is 2.20 bits per heavy atom. The number of rotatable bonds is 0. The maximum Gasteiger partial charge on any atom is 0.137 e. The summed E-state index contributed by atoms with van der Waals surface area (Å²) in [6.07, 6.45) is 1.79. The fourth-order valence-corrected chi connectivity index (χ4v) is 1.81. The summed E-state index contributed by atoms with van der Waals surface area (Å²) in [5.41, 5.74) is 2.24. The monoisotopic (exact) mass is 224 g/mol. The van der Waals surface area contributed by atoms with E-state index >= 15 is 0 Å². The highest BCUT2D eigenvalue weighted by atomic mass is 35.5. The second-order valence-electron chi connectivity index (χ2n) is 3.32. The molecule has 0 saturated heterocycles. The summed E-state index contributed by atoms with van der Waals surface area (Å²) in [5, 5.41) is 0.848. The summed E-state index contributed by atoms with van der Waals surface area (Å²) >= 11 is 6.18. The van der Waals surface area contributed by atoms with Crippen LogP contribution in [0.4, 0.5) is 5.82 Å². The second kappa shape index (κ2) is 4.94. The Balaban J connectivity index is 0.000000531. The van der Waals surface area contributed by atoms with Crippen LogP contribution in [0.25, 0.3) is 5.03 Å². The Morgan fingerprint density at radius 1 is 1.53 bits per heavy atom. The van der Waals surface area contributed by atoms with Crippen molar-refractivity contribution >= 4 is 29.2 Å². The molecule has 15 heavy (non-hydrogen) atoms. The van der Waals surface area contributed by atoms with E-state index in [-0.39, 0.29) is 0 Å². The molecule has 0 spiro atoms. The van der Waals surface area contributed by atoms with Crippen LogP contribution in [0.15, 0.2) is 23.9 Å². The fraction of sp³-hybridized carbons (Fsp3) is 0.273. The van der Waals surface area contributed by atoms with E-state index in [1.165, 1.54) is 5.57 Å². The number of anilines is 1. The van der Waals surface area contributed by atoms with Crippen LogP contribution in [-0.4, -0.2) is 25.4 Å². The Labute approximate surface area is 94.4 Å². The van der Waals surface area contributed by atoms with E-state index in [0.29, 0.717) is 0 Å². The summed E-state index contributed by atoms with van der Waals surface area (Å²) in [6.45, 7) is 4.91. The van der Waals surface area contributed by atoms with Gasteiger partial charge in [0.15, 0.2) is 0 Å². The third kappa shape index (κ3) is 2.18. The second-order valence-corrected chi connectivity index (χ2v) is 3.70. The quantitative estimate of drug-likeness (QED) is 0.678. The van der Waals surface area contributed by atoms with Crippen molar-refractivity contribution in [2.24, 2.45) is 0 Å². The van der Waals surface area contributed by atoms with E-state index in [4.69, 9.17) is 16.4 Å². The molecule has 1 aliphatic rings. The Kier molecular flexibility index (Phi) is 3.86. The van der Waals surface area contributed by atoms with Crippen LogP contribution >= 0.6 is 11.6 Å². The summed E-state index contributed by atoms with van der Waals surface area (Å²) in [7, 11) is 2.03. The molecule has 0 fully saturated rings. The van der Waals surface area contributed by atoms with Gasteiger partial charge in [0.2, 0.25) is 0 Å². The van der Waals surface area contributed by atoms with Gasteiger partial charge < -0.3 is 9.69 Å². The first-order valence-corrected chi connectivity index (χ1v) is 4.88. The first-order valence-electron chi connectivity index (χ1n) is 4.51. The van der Waals surface area contributed by atoms with Crippen LogP contribution < -0.4 is 4.90 Å². The van der Waals surface area contributed by atoms with E-state index in [2.05, 4.69) is 16.8 Å². The Morgan fingerprint density at radius 3 is 2.87 bits per heavy atom. The number of halogens is 1. The number of pyridine rings is 1. The van der Waals surface area contributed by atoms with Crippen LogP contribution in [0.1, 0.15) is 12.5 Å². The number of likely N-dealkylation sites (N-methyl/N-ethyl adjacent to an activating group) is 1. The van der Waals surface area contributed by atoms with E-state index in [1.807, 2.05) is 26.0 Å². The topological polar surface area (TPSA) is 33.2 Å². The minimum absolute atomic E-state index is 0.848. The SMILES string of the molecule is C=O.CC1=C(Cl)c2cccnc2N(C)C1. The van der Waals surface area contributed by atoms with Crippen molar-refractivity contribution in [3.05, 3.63) is 29.5 Å². The maximum atomic E-state index is 8.00. The first-order chi connectivity index (χ1) is 7.20. The number of aromatic nitrogens is 1. The molecule has 0 aliphatic carbocycles. The van der Waals surface area contributed by atoms with Crippen molar-refractivity contribution in [2.75, 3.05) is 18.5 Å². The van der Waals surface area contributed by atoms with Gasteiger partial charge in [-0.15, -0.1) is 0 Å². The number of fused-ring (bicyclic) bond motifs is 1. The third-order valence-corrected chi connectivity index (χ3v) is 2.76. The van der Waals surface area contributed by atoms with Crippen LogP contribution in [0.3, 0.4) is 0 Å². The van der Waals surface area contributed by atoms with Crippen LogP contribution in [0.5, 0.6) is 0 Å². The molecule has 0 saturated carbocycles. The van der Waals surface area contributed by atoms with Gasteiger partial charge >= 0.3 is 0 Å². The molecule has 2 rings (SSSR count). The summed E-state index contributed by atoms with van der Waals surface area (Å²) in [5.74, 6) is 0.970. The number of carbonyl (C=O) groups excluding carboxylic acids is 1. The van der Waals surface area contributed by atoms with Crippen LogP contribution in [-0.2, 0) is 4.79 Å². The van der Waals surface area contributed by atoms with Gasteiger partial charge in [-0.05, 0) is 24.6 Å². The molecule has 0 amide bonds. The van der Waals surface area contributed by atoms with E-state index in [1.54, 1.807) is 6.20 Å².